The molecule has 218 valence electrons. The van der Waals surface area contributed by atoms with E-state index in [1.807, 2.05) is 26.0 Å². The molecule has 0 amide bonds. The Hall–Kier alpha value is -4.66. The number of aromatic nitrogens is 3. The zero-order valence-electron chi connectivity index (χ0n) is 25.0. The van der Waals surface area contributed by atoms with E-state index in [0.29, 0.717) is 61.7 Å². The Morgan fingerprint density at radius 1 is 1.10 bits per heavy atom. The van der Waals surface area contributed by atoms with Crippen LogP contribution in [0.1, 0.15) is 63.1 Å². The predicted octanol–water partition coefficient (Wildman–Crippen LogP) is 7.66. The van der Waals surface area contributed by atoms with Crippen LogP contribution in [0.4, 0.5) is 4.39 Å². The molecular formula is C33H34FN3O5. The maximum absolute atomic E-state index is 14.1. The van der Waals surface area contributed by atoms with Gasteiger partial charge in [-0.2, -0.15) is 0 Å². The van der Waals surface area contributed by atoms with E-state index in [4.69, 9.17) is 13.9 Å². The molecule has 0 atom stereocenters. The van der Waals surface area contributed by atoms with Crippen molar-refractivity contribution in [1.29, 1.82) is 0 Å². The van der Waals surface area contributed by atoms with E-state index in [9.17, 15) is 14.0 Å². The fraction of sp³-hybridized carbons (Fsp3) is 0.303. The minimum absolute atomic E-state index is 0.188. The summed E-state index contributed by atoms with van der Waals surface area (Å²) in [4.78, 5) is 32.9. The first-order valence-electron chi connectivity index (χ1n) is 13.7. The van der Waals surface area contributed by atoms with Crippen molar-refractivity contribution >= 4 is 16.9 Å². The molecule has 3 aromatic heterocycles. The molecule has 0 saturated carbocycles. The van der Waals surface area contributed by atoms with Crippen molar-refractivity contribution in [3.05, 3.63) is 87.5 Å². The number of hydrogen-bond acceptors (Lipinski definition) is 6. The van der Waals surface area contributed by atoms with Crippen LogP contribution < -0.4 is 10.3 Å². The van der Waals surface area contributed by atoms with Gasteiger partial charge in [-0.1, -0.05) is 19.9 Å². The van der Waals surface area contributed by atoms with Gasteiger partial charge in [-0.05, 0) is 74.7 Å². The summed E-state index contributed by atoms with van der Waals surface area (Å²) in [5.74, 6) is 1.67. The highest BCUT2D eigenvalue weighted by Crippen LogP contribution is 2.42. The first-order chi connectivity index (χ1) is 19.7. The molecule has 0 aliphatic carbocycles. The molecule has 0 fully saturated rings. The van der Waals surface area contributed by atoms with Gasteiger partial charge < -0.3 is 23.4 Å². The van der Waals surface area contributed by atoms with Crippen LogP contribution in [-0.4, -0.2) is 20.5 Å². The average molecular weight is 572 g/mol. The van der Waals surface area contributed by atoms with E-state index < -0.39 is 11.6 Å². The number of aromatic amines is 1. The molecule has 0 spiro atoms. The zero-order valence-corrected chi connectivity index (χ0v) is 25.0. The Morgan fingerprint density at radius 2 is 1.79 bits per heavy atom. The summed E-state index contributed by atoms with van der Waals surface area (Å²) in [7, 11) is 1.67. The van der Waals surface area contributed by atoms with Gasteiger partial charge >= 0.3 is 5.97 Å². The lowest BCUT2D eigenvalue weighted by atomic mass is 9.93. The number of rotatable bonds is 7. The van der Waals surface area contributed by atoms with Crippen LogP contribution in [0.25, 0.3) is 33.6 Å². The Morgan fingerprint density at radius 3 is 2.40 bits per heavy atom. The van der Waals surface area contributed by atoms with Crippen molar-refractivity contribution in [3.8, 4) is 34.1 Å². The summed E-state index contributed by atoms with van der Waals surface area (Å²) in [5, 5.41) is 0.385. The second-order valence-corrected chi connectivity index (χ2v) is 11.4. The van der Waals surface area contributed by atoms with Gasteiger partial charge in [0.15, 0.2) is 5.76 Å². The molecule has 0 unspecified atom stereocenters. The first-order valence-corrected chi connectivity index (χ1v) is 13.7. The number of carbonyl (C=O) groups is 1. The molecule has 42 heavy (non-hydrogen) atoms. The minimum Gasteiger partial charge on any atom is -0.456 e. The van der Waals surface area contributed by atoms with Crippen molar-refractivity contribution in [2.75, 3.05) is 0 Å². The number of H-pyrrole nitrogens is 1. The van der Waals surface area contributed by atoms with E-state index in [2.05, 4.69) is 9.97 Å². The molecule has 0 aliphatic heterocycles. The van der Waals surface area contributed by atoms with E-state index in [1.54, 1.807) is 59.3 Å². The number of esters is 1. The van der Waals surface area contributed by atoms with Crippen molar-refractivity contribution < 1.29 is 23.1 Å². The number of hydrogen-bond donors (Lipinski definition) is 1. The third-order valence-electron chi connectivity index (χ3n) is 7.26. The van der Waals surface area contributed by atoms with E-state index in [-0.39, 0.29) is 17.3 Å². The summed E-state index contributed by atoms with van der Waals surface area (Å²) in [6.07, 6.45) is 3.38. The SMILES string of the molecule is CC(=O)OC(C)(C)c1ccc(Oc2c(C)cc(F)cc2C)c(-c2cn(C)c(=O)c3cc(-c4cnc(C(C)C)[nH]4)oc23)c1. The number of furan rings is 1. The maximum Gasteiger partial charge on any atom is 0.303 e. The van der Waals surface area contributed by atoms with Gasteiger partial charge in [-0.3, -0.25) is 9.59 Å². The van der Waals surface area contributed by atoms with Crippen LogP contribution in [0.2, 0.25) is 0 Å². The Labute approximate surface area is 243 Å². The van der Waals surface area contributed by atoms with Crippen LogP contribution in [-0.2, 0) is 22.2 Å². The summed E-state index contributed by atoms with van der Waals surface area (Å²) in [6, 6.07) is 10.0. The lowest BCUT2D eigenvalue weighted by Crippen LogP contribution is -2.24. The molecule has 8 nitrogen and oxygen atoms in total. The lowest BCUT2D eigenvalue weighted by Gasteiger charge is -2.26. The molecule has 9 heteroatoms. The number of carbonyl (C=O) groups excluding carboxylic acids is 1. The highest BCUT2D eigenvalue weighted by molar-refractivity contribution is 5.95. The summed E-state index contributed by atoms with van der Waals surface area (Å²) < 4.78 is 34.0. The van der Waals surface area contributed by atoms with Crippen LogP contribution in [0.15, 0.2) is 58.0 Å². The second kappa shape index (κ2) is 10.6. The standard InChI is InChI=1S/C33H34FN3O5/c1-17(2)31-35-15-26(36-31)28-14-24-30(41-28)25(16-37(8)32(24)39)23-13-21(33(6,7)42-20(5)38)9-10-27(23)40-29-18(3)11-22(34)12-19(29)4/h9-17H,1-8H3,(H,35,36). The third kappa shape index (κ3) is 5.34. The number of imidazole rings is 1. The molecule has 0 aliphatic rings. The summed E-state index contributed by atoms with van der Waals surface area (Å²) >= 11 is 0. The average Bonchev–Trinajstić information content (AvgIpc) is 3.56. The van der Waals surface area contributed by atoms with Gasteiger partial charge in [-0.15, -0.1) is 0 Å². The monoisotopic (exact) mass is 571 g/mol. The number of ether oxygens (including phenoxy) is 2. The molecule has 1 N–H and O–H groups in total. The minimum atomic E-state index is -0.960. The first kappa shape index (κ1) is 28.9. The molecule has 5 rings (SSSR count). The molecule has 2 aromatic carbocycles. The van der Waals surface area contributed by atoms with Crippen LogP contribution in [0, 0.1) is 19.7 Å². The van der Waals surface area contributed by atoms with E-state index in [0.717, 1.165) is 5.82 Å². The van der Waals surface area contributed by atoms with Gasteiger partial charge in [0.25, 0.3) is 5.56 Å². The normalized spacial score (nSPS) is 11.9. The molecule has 0 radical (unpaired) electrons. The number of nitrogens with one attached hydrogen (secondary N) is 1. The lowest BCUT2D eigenvalue weighted by molar-refractivity contribution is -0.154. The maximum atomic E-state index is 14.1. The van der Waals surface area contributed by atoms with Gasteiger partial charge in [-0.25, -0.2) is 9.37 Å². The number of fused-ring (bicyclic) bond motifs is 1. The number of pyridine rings is 1. The van der Waals surface area contributed by atoms with Crippen LogP contribution >= 0.6 is 0 Å². The Bertz CT molecular complexity index is 1870. The molecule has 0 saturated heterocycles. The fourth-order valence-corrected chi connectivity index (χ4v) is 5.12. The van der Waals surface area contributed by atoms with E-state index >= 15 is 0 Å². The van der Waals surface area contributed by atoms with Crippen LogP contribution in [0.5, 0.6) is 11.5 Å². The quantitative estimate of drug-likeness (QED) is 0.201. The fourth-order valence-electron chi connectivity index (χ4n) is 5.12. The number of nitrogens with zero attached hydrogens (tertiary/aromatic N) is 2. The van der Waals surface area contributed by atoms with Crippen molar-refractivity contribution in [2.45, 2.75) is 60.0 Å². The van der Waals surface area contributed by atoms with Gasteiger partial charge in [0.2, 0.25) is 0 Å². The van der Waals surface area contributed by atoms with E-state index in [1.165, 1.54) is 23.6 Å². The second-order valence-electron chi connectivity index (χ2n) is 11.4. The van der Waals surface area contributed by atoms with Crippen LogP contribution in [0.3, 0.4) is 0 Å². The van der Waals surface area contributed by atoms with Gasteiger partial charge in [0.1, 0.15) is 40.0 Å². The van der Waals surface area contributed by atoms with Crippen molar-refractivity contribution in [1.82, 2.24) is 14.5 Å². The molecule has 0 bridgehead atoms. The van der Waals surface area contributed by atoms with Crippen molar-refractivity contribution in [3.63, 3.8) is 0 Å². The van der Waals surface area contributed by atoms with Gasteiger partial charge in [0, 0.05) is 37.2 Å². The highest BCUT2D eigenvalue weighted by atomic mass is 19.1. The topological polar surface area (TPSA) is 99.4 Å². The van der Waals surface area contributed by atoms with Crippen molar-refractivity contribution in [2.24, 2.45) is 7.05 Å². The number of halogens is 1. The molecule has 3 heterocycles. The third-order valence-corrected chi connectivity index (χ3v) is 7.26. The molecular weight excluding hydrogens is 537 g/mol. The summed E-state index contributed by atoms with van der Waals surface area (Å²) in [5.41, 5.74) is 3.00. The highest BCUT2D eigenvalue weighted by Gasteiger charge is 2.27. The Balaban J connectivity index is 1.76. The predicted molar refractivity (Wildman–Crippen MR) is 159 cm³/mol. The molecule has 5 aromatic rings. The number of aryl methyl sites for hydroxylation is 3. The summed E-state index contributed by atoms with van der Waals surface area (Å²) in [6.45, 7) is 12.6. The Kier molecular flexibility index (Phi) is 7.30. The number of benzene rings is 2. The smallest absolute Gasteiger partial charge is 0.303 e. The zero-order chi connectivity index (χ0) is 30.5. The van der Waals surface area contributed by atoms with Gasteiger partial charge in [0.05, 0.1) is 11.6 Å². The largest absolute Gasteiger partial charge is 0.456 e.